The highest BCUT2D eigenvalue weighted by molar-refractivity contribution is 5.83. The molecule has 1 fully saturated rings. The molecule has 0 radical (unpaired) electrons. The van der Waals surface area contributed by atoms with Gasteiger partial charge >= 0.3 is 12.0 Å². The summed E-state index contributed by atoms with van der Waals surface area (Å²) in [5.41, 5.74) is 0. The van der Waals surface area contributed by atoms with E-state index in [0.717, 1.165) is 6.42 Å². The Morgan fingerprint density at radius 2 is 2.18 bits per heavy atom. The number of hydrogen-bond acceptors (Lipinski definition) is 3. The molecule has 1 rings (SSSR count). The van der Waals surface area contributed by atoms with Crippen molar-refractivity contribution >= 4 is 12.0 Å². The minimum Gasteiger partial charge on any atom is -0.480 e. The van der Waals surface area contributed by atoms with Crippen molar-refractivity contribution in [3.8, 4) is 0 Å². The number of likely N-dealkylation sites (N-methyl/N-ethyl adjacent to an activating group) is 1. The first kappa shape index (κ1) is 13.8. The van der Waals surface area contributed by atoms with Gasteiger partial charge in [0, 0.05) is 19.1 Å². The number of amides is 2. The van der Waals surface area contributed by atoms with E-state index >= 15 is 0 Å². The molecule has 0 bridgehead atoms. The SMILES string of the molecule is CC(CNC(=O)N1CCC[C@@H]1C(=O)O)N(C)C. The first-order chi connectivity index (χ1) is 7.93. The zero-order valence-electron chi connectivity index (χ0n) is 10.6. The molecule has 0 saturated carbocycles. The third kappa shape index (κ3) is 3.59. The van der Waals surface area contributed by atoms with Gasteiger partial charge in [-0.3, -0.25) is 0 Å². The molecule has 1 unspecified atom stereocenters. The number of carbonyl (C=O) groups excluding carboxylic acids is 1. The summed E-state index contributed by atoms with van der Waals surface area (Å²) in [7, 11) is 3.87. The van der Waals surface area contributed by atoms with Crippen LogP contribution in [0.15, 0.2) is 0 Å². The highest BCUT2D eigenvalue weighted by Gasteiger charge is 2.33. The normalized spacial score (nSPS) is 21.6. The molecule has 2 atom stereocenters. The number of carbonyl (C=O) groups is 2. The molecule has 2 amide bonds. The van der Waals surface area contributed by atoms with E-state index in [0.29, 0.717) is 19.5 Å². The van der Waals surface area contributed by atoms with Crippen LogP contribution in [-0.2, 0) is 4.79 Å². The van der Waals surface area contributed by atoms with Gasteiger partial charge < -0.3 is 20.2 Å². The Balaban J connectivity index is 2.44. The second-order valence-corrected chi connectivity index (χ2v) is 4.69. The first-order valence-electron chi connectivity index (χ1n) is 5.87. The summed E-state index contributed by atoms with van der Waals surface area (Å²) in [5, 5.41) is 11.7. The zero-order valence-corrected chi connectivity index (χ0v) is 10.6. The number of nitrogens with zero attached hydrogens (tertiary/aromatic N) is 2. The van der Waals surface area contributed by atoms with Gasteiger partial charge in [-0.25, -0.2) is 9.59 Å². The summed E-state index contributed by atoms with van der Waals surface area (Å²) < 4.78 is 0. The molecule has 6 heteroatoms. The summed E-state index contributed by atoms with van der Waals surface area (Å²) in [6.07, 6.45) is 1.31. The lowest BCUT2D eigenvalue weighted by Gasteiger charge is -2.25. The van der Waals surface area contributed by atoms with Gasteiger partial charge in [-0.15, -0.1) is 0 Å². The van der Waals surface area contributed by atoms with Crippen molar-refractivity contribution in [1.82, 2.24) is 15.1 Å². The molecule has 1 aliphatic heterocycles. The van der Waals surface area contributed by atoms with Gasteiger partial charge in [0.25, 0.3) is 0 Å². The molecule has 1 saturated heterocycles. The van der Waals surface area contributed by atoms with Crippen LogP contribution in [0.2, 0.25) is 0 Å². The van der Waals surface area contributed by atoms with Gasteiger partial charge in [-0.1, -0.05) is 0 Å². The Morgan fingerprint density at radius 1 is 1.53 bits per heavy atom. The maximum atomic E-state index is 11.8. The van der Waals surface area contributed by atoms with Crippen LogP contribution in [0.5, 0.6) is 0 Å². The maximum Gasteiger partial charge on any atom is 0.326 e. The maximum absolute atomic E-state index is 11.8. The van der Waals surface area contributed by atoms with Crippen LogP contribution in [-0.4, -0.2) is 66.2 Å². The molecule has 1 heterocycles. The summed E-state index contributed by atoms with van der Waals surface area (Å²) in [4.78, 5) is 26.2. The Morgan fingerprint density at radius 3 is 2.71 bits per heavy atom. The quantitative estimate of drug-likeness (QED) is 0.739. The van der Waals surface area contributed by atoms with Crippen molar-refractivity contribution < 1.29 is 14.7 Å². The van der Waals surface area contributed by atoms with Crippen LogP contribution in [0.25, 0.3) is 0 Å². The van der Waals surface area contributed by atoms with E-state index in [4.69, 9.17) is 5.11 Å². The van der Waals surface area contributed by atoms with Crippen molar-refractivity contribution in [3.05, 3.63) is 0 Å². The van der Waals surface area contributed by atoms with Gasteiger partial charge in [0.15, 0.2) is 0 Å². The van der Waals surface area contributed by atoms with Gasteiger partial charge in [0.1, 0.15) is 6.04 Å². The van der Waals surface area contributed by atoms with E-state index in [1.54, 1.807) is 0 Å². The number of carboxylic acid groups (broad SMARTS) is 1. The lowest BCUT2D eigenvalue weighted by molar-refractivity contribution is -0.141. The molecular weight excluding hydrogens is 222 g/mol. The summed E-state index contributed by atoms with van der Waals surface area (Å²) in [5.74, 6) is -0.918. The molecule has 2 N–H and O–H groups in total. The van der Waals surface area contributed by atoms with Crippen LogP contribution < -0.4 is 5.32 Å². The van der Waals surface area contributed by atoms with Crippen LogP contribution in [0.1, 0.15) is 19.8 Å². The van der Waals surface area contributed by atoms with Crippen molar-refractivity contribution in [3.63, 3.8) is 0 Å². The molecule has 17 heavy (non-hydrogen) atoms. The Kier molecular flexibility index (Phi) is 4.74. The zero-order chi connectivity index (χ0) is 13.0. The summed E-state index contributed by atoms with van der Waals surface area (Å²) in [6, 6.07) is -0.710. The third-order valence-electron chi connectivity index (χ3n) is 3.23. The molecule has 98 valence electrons. The number of rotatable bonds is 4. The van der Waals surface area contributed by atoms with Gasteiger partial charge in [-0.05, 0) is 33.9 Å². The molecule has 0 spiro atoms. The highest BCUT2D eigenvalue weighted by atomic mass is 16.4. The van der Waals surface area contributed by atoms with Crippen molar-refractivity contribution in [2.75, 3.05) is 27.2 Å². The van der Waals surface area contributed by atoms with Crippen molar-refractivity contribution in [1.29, 1.82) is 0 Å². The minimum atomic E-state index is -0.918. The van der Waals surface area contributed by atoms with Crippen LogP contribution >= 0.6 is 0 Å². The van der Waals surface area contributed by atoms with E-state index in [2.05, 4.69) is 5.32 Å². The Labute approximate surface area is 102 Å². The van der Waals surface area contributed by atoms with Crippen molar-refractivity contribution in [2.24, 2.45) is 0 Å². The molecular formula is C11H21N3O3. The molecule has 0 aromatic rings. The van der Waals surface area contributed by atoms with Crippen LogP contribution in [0.3, 0.4) is 0 Å². The van der Waals surface area contributed by atoms with Gasteiger partial charge in [0.05, 0.1) is 0 Å². The molecule has 0 aromatic carbocycles. The van der Waals surface area contributed by atoms with E-state index in [9.17, 15) is 9.59 Å². The number of hydrogen-bond donors (Lipinski definition) is 2. The third-order valence-corrected chi connectivity index (χ3v) is 3.23. The Hall–Kier alpha value is -1.30. The topological polar surface area (TPSA) is 72.9 Å². The van der Waals surface area contributed by atoms with Crippen molar-refractivity contribution in [2.45, 2.75) is 31.8 Å². The molecule has 6 nitrogen and oxygen atoms in total. The fourth-order valence-corrected chi connectivity index (χ4v) is 1.79. The largest absolute Gasteiger partial charge is 0.480 e. The molecule has 0 aromatic heterocycles. The lowest BCUT2D eigenvalue weighted by atomic mass is 10.2. The average molecular weight is 243 g/mol. The van der Waals surface area contributed by atoms with Gasteiger partial charge in [-0.2, -0.15) is 0 Å². The average Bonchev–Trinajstić information content (AvgIpc) is 2.73. The van der Waals surface area contributed by atoms with Gasteiger partial charge in [0.2, 0.25) is 0 Å². The first-order valence-corrected chi connectivity index (χ1v) is 5.87. The molecule has 1 aliphatic rings. The van der Waals surface area contributed by atoms with Crippen LogP contribution in [0, 0.1) is 0 Å². The molecule has 0 aliphatic carbocycles. The van der Waals surface area contributed by atoms with E-state index in [1.807, 2.05) is 25.9 Å². The van der Waals surface area contributed by atoms with Crippen LogP contribution in [0.4, 0.5) is 4.79 Å². The fourth-order valence-electron chi connectivity index (χ4n) is 1.79. The number of urea groups is 1. The number of carboxylic acids is 1. The minimum absolute atomic E-state index is 0.227. The van der Waals surface area contributed by atoms with E-state index in [-0.39, 0.29) is 12.1 Å². The predicted molar refractivity (Wildman–Crippen MR) is 63.9 cm³/mol. The number of likely N-dealkylation sites (tertiary alicyclic amines) is 1. The predicted octanol–water partition coefficient (Wildman–Crippen LogP) is 0.195. The smallest absolute Gasteiger partial charge is 0.326 e. The van der Waals surface area contributed by atoms with E-state index < -0.39 is 12.0 Å². The lowest BCUT2D eigenvalue weighted by Crippen LogP contribution is -2.48. The fraction of sp³-hybridized carbons (Fsp3) is 0.818. The number of nitrogens with one attached hydrogen (secondary N) is 1. The summed E-state index contributed by atoms with van der Waals surface area (Å²) >= 11 is 0. The standard InChI is InChI=1S/C11H21N3O3/c1-8(13(2)3)7-12-11(17)14-6-4-5-9(14)10(15)16/h8-9H,4-7H2,1-3H3,(H,12,17)(H,15,16)/t8?,9-/m1/s1. The highest BCUT2D eigenvalue weighted by Crippen LogP contribution is 2.17. The number of aliphatic carboxylic acids is 1. The monoisotopic (exact) mass is 243 g/mol. The Bertz CT molecular complexity index is 294. The summed E-state index contributed by atoms with van der Waals surface area (Å²) in [6.45, 7) is 3.05. The van der Waals surface area contributed by atoms with E-state index in [1.165, 1.54) is 4.90 Å². The second kappa shape index (κ2) is 5.86. The second-order valence-electron chi connectivity index (χ2n) is 4.69.